The van der Waals surface area contributed by atoms with Gasteiger partial charge in [-0.1, -0.05) is 30.7 Å². The van der Waals surface area contributed by atoms with Crippen LogP contribution in [0.2, 0.25) is 5.02 Å². The Morgan fingerprint density at radius 2 is 1.95 bits per heavy atom. The highest BCUT2D eigenvalue weighted by atomic mass is 127. The summed E-state index contributed by atoms with van der Waals surface area (Å²) in [6, 6.07) is 13.0. The fourth-order valence-electron chi connectivity index (χ4n) is 2.17. The molecular weight excluding hydrogens is 413 g/mol. The zero-order valence-electron chi connectivity index (χ0n) is 12.4. The predicted molar refractivity (Wildman–Crippen MR) is 97.7 cm³/mol. The molecule has 1 amide bonds. The van der Waals surface area contributed by atoms with E-state index in [0.717, 1.165) is 21.3 Å². The van der Waals surface area contributed by atoms with E-state index in [4.69, 9.17) is 16.3 Å². The normalized spacial score (nSPS) is 11.8. The van der Waals surface area contributed by atoms with Gasteiger partial charge in [-0.15, -0.1) is 0 Å². The number of nitrogens with one attached hydrogen (secondary N) is 1. The van der Waals surface area contributed by atoms with Crippen molar-refractivity contribution in [1.29, 1.82) is 0 Å². The van der Waals surface area contributed by atoms with Crippen LogP contribution < -0.4 is 10.1 Å². The lowest BCUT2D eigenvalue weighted by Gasteiger charge is -2.18. The smallest absolute Gasteiger partial charge is 0.252 e. The van der Waals surface area contributed by atoms with Crippen molar-refractivity contribution in [1.82, 2.24) is 5.32 Å². The van der Waals surface area contributed by atoms with Crippen LogP contribution in [0, 0.1) is 3.57 Å². The topological polar surface area (TPSA) is 38.3 Å². The number of hydrogen-bond donors (Lipinski definition) is 1. The van der Waals surface area contributed by atoms with Crippen LogP contribution in [0.5, 0.6) is 5.75 Å². The number of rotatable bonds is 5. The second kappa shape index (κ2) is 7.83. The van der Waals surface area contributed by atoms with E-state index in [1.165, 1.54) is 0 Å². The van der Waals surface area contributed by atoms with Gasteiger partial charge in [0.25, 0.3) is 5.91 Å². The second-order valence-electron chi connectivity index (χ2n) is 4.83. The van der Waals surface area contributed by atoms with Crippen LogP contribution >= 0.6 is 34.2 Å². The van der Waals surface area contributed by atoms with Gasteiger partial charge in [0, 0.05) is 8.59 Å². The van der Waals surface area contributed by atoms with E-state index in [0.29, 0.717) is 10.6 Å². The van der Waals surface area contributed by atoms with E-state index in [9.17, 15) is 4.79 Å². The standard InChI is InChI=1S/C17H17ClINO2/c1-3-16(11-4-7-13(22-2)8-5-11)20-17(21)14-9-6-12(18)10-15(14)19/h4-10,16H,3H2,1-2H3,(H,20,21). The van der Waals surface area contributed by atoms with Gasteiger partial charge in [-0.2, -0.15) is 0 Å². The second-order valence-corrected chi connectivity index (χ2v) is 6.43. The van der Waals surface area contributed by atoms with E-state index in [2.05, 4.69) is 27.9 Å². The summed E-state index contributed by atoms with van der Waals surface area (Å²) in [4.78, 5) is 12.5. The van der Waals surface area contributed by atoms with Crippen LogP contribution in [-0.2, 0) is 0 Å². The lowest BCUT2D eigenvalue weighted by molar-refractivity contribution is 0.0934. The summed E-state index contributed by atoms with van der Waals surface area (Å²) in [5.74, 6) is 0.709. The highest BCUT2D eigenvalue weighted by Gasteiger charge is 2.16. The maximum Gasteiger partial charge on any atom is 0.252 e. The lowest BCUT2D eigenvalue weighted by atomic mass is 10.0. The number of halogens is 2. The number of carbonyl (C=O) groups excluding carboxylic acids is 1. The number of benzene rings is 2. The molecule has 22 heavy (non-hydrogen) atoms. The molecule has 0 heterocycles. The van der Waals surface area contributed by atoms with E-state index in [1.807, 2.05) is 31.2 Å². The number of ether oxygens (including phenoxy) is 1. The van der Waals surface area contributed by atoms with Crippen molar-refractivity contribution in [2.75, 3.05) is 7.11 Å². The maximum atomic E-state index is 12.5. The molecule has 1 N–H and O–H groups in total. The molecule has 116 valence electrons. The highest BCUT2D eigenvalue weighted by molar-refractivity contribution is 14.1. The van der Waals surface area contributed by atoms with Gasteiger partial charge < -0.3 is 10.1 Å². The van der Waals surface area contributed by atoms with Crippen molar-refractivity contribution in [3.8, 4) is 5.75 Å². The van der Waals surface area contributed by atoms with Crippen molar-refractivity contribution in [2.24, 2.45) is 0 Å². The van der Waals surface area contributed by atoms with Crippen LogP contribution in [0.25, 0.3) is 0 Å². The Hall–Kier alpha value is -1.27. The fourth-order valence-corrected chi connectivity index (χ4v) is 3.28. The Morgan fingerprint density at radius 1 is 1.27 bits per heavy atom. The summed E-state index contributed by atoms with van der Waals surface area (Å²) in [7, 11) is 1.64. The zero-order valence-corrected chi connectivity index (χ0v) is 15.3. The summed E-state index contributed by atoms with van der Waals surface area (Å²) in [5, 5.41) is 3.70. The molecule has 2 rings (SSSR count). The van der Waals surface area contributed by atoms with Crippen LogP contribution in [-0.4, -0.2) is 13.0 Å². The SMILES string of the molecule is CCC(NC(=O)c1ccc(Cl)cc1I)c1ccc(OC)cc1. The molecule has 0 aliphatic heterocycles. The number of amides is 1. The largest absolute Gasteiger partial charge is 0.497 e. The number of carbonyl (C=O) groups is 1. The van der Waals surface area contributed by atoms with Gasteiger partial charge >= 0.3 is 0 Å². The van der Waals surface area contributed by atoms with Crippen LogP contribution in [0.15, 0.2) is 42.5 Å². The third-order valence-corrected chi connectivity index (χ3v) is 4.54. The monoisotopic (exact) mass is 429 g/mol. The Labute approximate surface area is 149 Å². The summed E-state index contributed by atoms with van der Waals surface area (Å²) < 4.78 is 6.00. The van der Waals surface area contributed by atoms with Crippen molar-refractivity contribution >= 4 is 40.1 Å². The molecule has 0 fully saturated rings. The Kier molecular flexibility index (Phi) is 6.08. The highest BCUT2D eigenvalue weighted by Crippen LogP contribution is 2.22. The molecule has 1 atom stereocenters. The minimum atomic E-state index is -0.0938. The first-order valence-electron chi connectivity index (χ1n) is 6.95. The van der Waals surface area contributed by atoms with Gasteiger partial charge in [0.05, 0.1) is 18.7 Å². The summed E-state index contributed by atoms with van der Waals surface area (Å²) in [6.45, 7) is 2.04. The van der Waals surface area contributed by atoms with Gasteiger partial charge in [0.15, 0.2) is 0 Å². The molecule has 0 aromatic heterocycles. The molecule has 0 radical (unpaired) electrons. The van der Waals surface area contributed by atoms with Crippen molar-refractivity contribution < 1.29 is 9.53 Å². The average Bonchev–Trinajstić information content (AvgIpc) is 2.52. The first kappa shape index (κ1) is 17.1. The van der Waals surface area contributed by atoms with Crippen LogP contribution in [0.1, 0.15) is 35.3 Å². The van der Waals surface area contributed by atoms with E-state index in [1.54, 1.807) is 25.3 Å². The third-order valence-electron chi connectivity index (χ3n) is 3.41. The fraction of sp³-hybridized carbons (Fsp3) is 0.235. The molecule has 0 bridgehead atoms. The maximum absolute atomic E-state index is 12.5. The van der Waals surface area contributed by atoms with Crippen molar-refractivity contribution in [2.45, 2.75) is 19.4 Å². The molecule has 3 nitrogen and oxygen atoms in total. The minimum Gasteiger partial charge on any atom is -0.497 e. The van der Waals surface area contributed by atoms with Gasteiger partial charge in [-0.3, -0.25) is 4.79 Å². The number of hydrogen-bond acceptors (Lipinski definition) is 2. The Bertz CT molecular complexity index is 658. The summed E-state index contributed by atoms with van der Waals surface area (Å²) >= 11 is 8.05. The third kappa shape index (κ3) is 4.14. The molecule has 1 unspecified atom stereocenters. The zero-order chi connectivity index (χ0) is 16.1. The van der Waals surface area contributed by atoms with Gasteiger partial charge in [-0.25, -0.2) is 0 Å². The minimum absolute atomic E-state index is 0.0371. The first-order chi connectivity index (χ1) is 10.5. The van der Waals surface area contributed by atoms with Crippen LogP contribution in [0.3, 0.4) is 0 Å². The van der Waals surface area contributed by atoms with Gasteiger partial charge in [0.2, 0.25) is 0 Å². The molecule has 0 saturated carbocycles. The molecule has 0 spiro atoms. The van der Waals surface area contributed by atoms with Gasteiger partial charge in [-0.05, 0) is 64.9 Å². The molecule has 2 aromatic carbocycles. The van der Waals surface area contributed by atoms with E-state index < -0.39 is 0 Å². The van der Waals surface area contributed by atoms with E-state index >= 15 is 0 Å². The number of methoxy groups -OCH3 is 1. The molecule has 0 aliphatic carbocycles. The van der Waals surface area contributed by atoms with Gasteiger partial charge in [0.1, 0.15) is 5.75 Å². The van der Waals surface area contributed by atoms with Crippen molar-refractivity contribution in [3.63, 3.8) is 0 Å². The van der Waals surface area contributed by atoms with Crippen LogP contribution in [0.4, 0.5) is 0 Å². The average molecular weight is 430 g/mol. The molecule has 0 saturated heterocycles. The molecule has 5 heteroatoms. The Morgan fingerprint density at radius 3 is 2.50 bits per heavy atom. The predicted octanol–water partition coefficient (Wildman–Crippen LogP) is 4.83. The van der Waals surface area contributed by atoms with Crippen molar-refractivity contribution in [3.05, 3.63) is 62.2 Å². The molecule has 0 aliphatic rings. The first-order valence-corrected chi connectivity index (χ1v) is 8.40. The van der Waals surface area contributed by atoms with E-state index in [-0.39, 0.29) is 11.9 Å². The molecular formula is C17H17ClINO2. The quantitative estimate of drug-likeness (QED) is 0.691. The molecule has 2 aromatic rings. The Balaban J connectivity index is 2.16. The summed E-state index contributed by atoms with van der Waals surface area (Å²) in [6.07, 6.45) is 0.808. The summed E-state index contributed by atoms with van der Waals surface area (Å²) in [5.41, 5.74) is 1.69. The lowest BCUT2D eigenvalue weighted by Crippen LogP contribution is -2.28.